The molecule has 26 heavy (non-hydrogen) atoms. The van der Waals surface area contributed by atoms with Gasteiger partial charge in [-0.3, -0.25) is 19.7 Å². The van der Waals surface area contributed by atoms with E-state index in [1.165, 1.54) is 31.4 Å². The molecule has 1 aromatic carbocycles. The van der Waals surface area contributed by atoms with Crippen LogP contribution in [-0.4, -0.2) is 34.0 Å². The lowest BCUT2D eigenvalue weighted by molar-refractivity contribution is -0.384. The maximum absolute atomic E-state index is 12.0. The largest absolute Gasteiger partial charge is 0.469 e. The second kappa shape index (κ2) is 7.79. The van der Waals surface area contributed by atoms with Gasteiger partial charge in [0.25, 0.3) is 5.69 Å². The van der Waals surface area contributed by atoms with Crippen molar-refractivity contribution in [2.24, 2.45) is 0 Å². The number of rotatable bonds is 6. The average Bonchev–Trinajstić information content (AvgIpc) is 3.06. The summed E-state index contributed by atoms with van der Waals surface area (Å²) in [6.45, 7) is 2.93. The Labute approximate surface area is 149 Å². The molecule has 9 heteroatoms. The number of carbonyl (C=O) groups is 2. The fourth-order valence-electron chi connectivity index (χ4n) is 2.28. The Morgan fingerprint density at radius 3 is 2.62 bits per heavy atom. The number of hydrogen-bond donors (Lipinski definition) is 3. The maximum atomic E-state index is 12.0. The molecule has 0 saturated heterocycles. The molecule has 0 aliphatic heterocycles. The van der Waals surface area contributed by atoms with Gasteiger partial charge in [-0.05, 0) is 37.6 Å². The number of anilines is 1. The Balaban J connectivity index is 1.91. The first-order chi connectivity index (χ1) is 12.2. The molecule has 1 heterocycles. The molecule has 2 amide bonds. The Bertz CT molecular complexity index is 814. The summed E-state index contributed by atoms with van der Waals surface area (Å²) in [5.74, 6) is -1.31. The van der Waals surface area contributed by atoms with E-state index in [-0.39, 0.29) is 24.3 Å². The number of nitrogens with zero attached hydrogens (tertiary/aromatic N) is 1. The van der Waals surface area contributed by atoms with Gasteiger partial charge in [0, 0.05) is 30.8 Å². The van der Waals surface area contributed by atoms with Crippen LogP contribution in [0.5, 0.6) is 0 Å². The van der Waals surface area contributed by atoms with E-state index in [9.17, 15) is 24.8 Å². The summed E-state index contributed by atoms with van der Waals surface area (Å²) in [6.07, 6.45) is 1.65. The SMILES string of the molecule is Cc1cc([N+](=O)[O-])ccc1NC(=O)C(=O)NCC(C)(O)Cc1ccco1. The van der Waals surface area contributed by atoms with Gasteiger partial charge in [-0.2, -0.15) is 0 Å². The number of nitro benzene ring substituents is 1. The summed E-state index contributed by atoms with van der Waals surface area (Å²) in [6, 6.07) is 7.26. The van der Waals surface area contributed by atoms with Crippen LogP contribution in [-0.2, 0) is 16.0 Å². The third-order valence-electron chi connectivity index (χ3n) is 3.64. The second-order valence-corrected chi connectivity index (χ2v) is 6.15. The lowest BCUT2D eigenvalue weighted by atomic mass is 10.0. The molecule has 2 rings (SSSR count). The van der Waals surface area contributed by atoms with Gasteiger partial charge in [0.15, 0.2) is 0 Å². The van der Waals surface area contributed by atoms with Crippen molar-refractivity contribution in [1.29, 1.82) is 0 Å². The van der Waals surface area contributed by atoms with Crippen LogP contribution in [0.15, 0.2) is 41.0 Å². The van der Waals surface area contributed by atoms with E-state index in [2.05, 4.69) is 10.6 Å². The zero-order chi connectivity index (χ0) is 19.3. The van der Waals surface area contributed by atoms with Crippen LogP contribution in [0.1, 0.15) is 18.2 Å². The fraction of sp³-hybridized carbons (Fsp3) is 0.294. The first-order valence-electron chi connectivity index (χ1n) is 7.77. The van der Waals surface area contributed by atoms with Crippen molar-refractivity contribution in [3.8, 4) is 0 Å². The van der Waals surface area contributed by atoms with E-state index in [1.807, 2.05) is 0 Å². The highest BCUT2D eigenvalue weighted by atomic mass is 16.6. The number of nitrogens with one attached hydrogen (secondary N) is 2. The number of furan rings is 1. The number of amides is 2. The predicted molar refractivity (Wildman–Crippen MR) is 92.5 cm³/mol. The minimum Gasteiger partial charge on any atom is -0.469 e. The first-order valence-corrected chi connectivity index (χ1v) is 7.77. The molecule has 0 radical (unpaired) electrons. The Morgan fingerprint density at radius 1 is 1.31 bits per heavy atom. The summed E-state index contributed by atoms with van der Waals surface area (Å²) in [5, 5.41) is 25.7. The van der Waals surface area contributed by atoms with E-state index in [0.29, 0.717) is 11.3 Å². The number of carbonyl (C=O) groups excluding carboxylic acids is 2. The molecule has 0 aliphatic rings. The molecule has 1 unspecified atom stereocenters. The highest BCUT2D eigenvalue weighted by Crippen LogP contribution is 2.21. The summed E-state index contributed by atoms with van der Waals surface area (Å²) < 4.78 is 5.14. The normalized spacial score (nSPS) is 12.9. The van der Waals surface area contributed by atoms with Gasteiger partial charge in [-0.25, -0.2) is 0 Å². The Morgan fingerprint density at radius 2 is 2.04 bits per heavy atom. The Hall–Kier alpha value is -3.20. The van der Waals surface area contributed by atoms with Crippen molar-refractivity contribution >= 4 is 23.2 Å². The molecule has 2 aromatic rings. The molecular formula is C17H19N3O6. The van der Waals surface area contributed by atoms with Crippen LogP contribution in [0.25, 0.3) is 0 Å². The van der Waals surface area contributed by atoms with Crippen LogP contribution >= 0.6 is 0 Å². The lowest BCUT2D eigenvalue weighted by Gasteiger charge is -2.22. The summed E-state index contributed by atoms with van der Waals surface area (Å²) in [4.78, 5) is 34.0. The summed E-state index contributed by atoms with van der Waals surface area (Å²) in [7, 11) is 0. The number of non-ortho nitro benzene ring substituents is 1. The molecule has 1 atom stereocenters. The molecule has 3 N–H and O–H groups in total. The van der Waals surface area contributed by atoms with Crippen LogP contribution < -0.4 is 10.6 Å². The van der Waals surface area contributed by atoms with Crippen LogP contribution in [0, 0.1) is 17.0 Å². The third kappa shape index (κ3) is 5.15. The van der Waals surface area contributed by atoms with E-state index in [1.54, 1.807) is 19.1 Å². The van der Waals surface area contributed by atoms with E-state index in [0.717, 1.165) is 0 Å². The number of aliphatic hydroxyl groups is 1. The molecule has 0 fully saturated rings. The third-order valence-corrected chi connectivity index (χ3v) is 3.64. The predicted octanol–water partition coefficient (Wildman–Crippen LogP) is 1.54. The Kier molecular flexibility index (Phi) is 5.73. The smallest absolute Gasteiger partial charge is 0.313 e. The van der Waals surface area contributed by atoms with Crippen molar-refractivity contribution < 1.29 is 24.0 Å². The average molecular weight is 361 g/mol. The number of nitro groups is 1. The van der Waals surface area contributed by atoms with Crippen molar-refractivity contribution in [3.63, 3.8) is 0 Å². The molecule has 0 bridgehead atoms. The van der Waals surface area contributed by atoms with Crippen molar-refractivity contribution in [2.45, 2.75) is 25.9 Å². The van der Waals surface area contributed by atoms with Gasteiger partial charge in [0.1, 0.15) is 5.76 Å². The molecule has 1 aromatic heterocycles. The zero-order valence-electron chi connectivity index (χ0n) is 14.3. The van der Waals surface area contributed by atoms with Crippen molar-refractivity contribution in [2.75, 3.05) is 11.9 Å². The van der Waals surface area contributed by atoms with Gasteiger partial charge < -0.3 is 20.2 Å². The monoisotopic (exact) mass is 361 g/mol. The number of aryl methyl sites for hydroxylation is 1. The maximum Gasteiger partial charge on any atom is 0.313 e. The molecule has 0 spiro atoms. The first kappa shape index (κ1) is 19.1. The van der Waals surface area contributed by atoms with Crippen LogP contribution in [0.4, 0.5) is 11.4 Å². The highest BCUT2D eigenvalue weighted by Gasteiger charge is 2.25. The highest BCUT2D eigenvalue weighted by molar-refractivity contribution is 6.39. The van der Waals surface area contributed by atoms with Gasteiger partial charge in [-0.1, -0.05) is 0 Å². The molecule has 9 nitrogen and oxygen atoms in total. The minimum atomic E-state index is -1.29. The van der Waals surface area contributed by atoms with E-state index < -0.39 is 22.3 Å². The van der Waals surface area contributed by atoms with Gasteiger partial charge in [-0.15, -0.1) is 0 Å². The van der Waals surface area contributed by atoms with Crippen LogP contribution in [0.2, 0.25) is 0 Å². The quantitative estimate of drug-likeness (QED) is 0.406. The van der Waals surface area contributed by atoms with Crippen molar-refractivity contribution in [1.82, 2.24) is 5.32 Å². The minimum absolute atomic E-state index is 0.112. The van der Waals surface area contributed by atoms with Crippen LogP contribution in [0.3, 0.4) is 0 Å². The standard InChI is InChI=1S/C17H19N3O6/c1-11-8-12(20(24)25)5-6-14(11)19-16(22)15(21)18-10-17(2,23)9-13-4-3-7-26-13/h3-8,23H,9-10H2,1-2H3,(H,18,21)(H,19,22). The van der Waals surface area contributed by atoms with E-state index in [4.69, 9.17) is 4.42 Å². The second-order valence-electron chi connectivity index (χ2n) is 6.15. The number of benzene rings is 1. The molecular weight excluding hydrogens is 342 g/mol. The number of hydrogen-bond acceptors (Lipinski definition) is 6. The zero-order valence-corrected chi connectivity index (χ0v) is 14.3. The molecule has 0 aliphatic carbocycles. The van der Waals surface area contributed by atoms with Gasteiger partial charge >= 0.3 is 11.8 Å². The van der Waals surface area contributed by atoms with Gasteiger partial charge in [0.2, 0.25) is 0 Å². The molecule has 138 valence electrons. The summed E-state index contributed by atoms with van der Waals surface area (Å²) >= 11 is 0. The fourth-order valence-corrected chi connectivity index (χ4v) is 2.28. The molecule has 0 saturated carbocycles. The van der Waals surface area contributed by atoms with Crippen molar-refractivity contribution in [3.05, 3.63) is 58.0 Å². The van der Waals surface area contributed by atoms with E-state index >= 15 is 0 Å². The topological polar surface area (TPSA) is 135 Å². The van der Waals surface area contributed by atoms with Gasteiger partial charge in [0.05, 0.1) is 16.8 Å². The summed E-state index contributed by atoms with van der Waals surface area (Å²) in [5.41, 5.74) is -0.668. The lowest BCUT2D eigenvalue weighted by Crippen LogP contribution is -2.45.